The molecule has 6 heteroatoms. The standard InChI is InChI=1S/C2H4N2O4/c3-4-1(5)8-2(6)7/h3H2,(H,4,5)(H,6,7). The summed E-state index contributed by atoms with van der Waals surface area (Å²) < 4.78 is 3.44. The minimum atomic E-state index is -1.69. The van der Waals surface area contributed by atoms with Gasteiger partial charge in [-0.25, -0.2) is 15.4 Å². The van der Waals surface area contributed by atoms with E-state index in [1.807, 2.05) is 0 Å². The fourth-order valence-electron chi connectivity index (χ4n) is 0.109. The summed E-state index contributed by atoms with van der Waals surface area (Å²) in [5, 5.41) is 7.68. The molecule has 0 saturated carbocycles. The molecule has 0 aromatic heterocycles. The molecule has 0 aromatic carbocycles. The van der Waals surface area contributed by atoms with Crippen molar-refractivity contribution in [2.75, 3.05) is 0 Å². The van der Waals surface area contributed by atoms with Crippen LogP contribution in [0.15, 0.2) is 0 Å². The van der Waals surface area contributed by atoms with Gasteiger partial charge in [-0.3, -0.25) is 5.43 Å². The van der Waals surface area contributed by atoms with E-state index >= 15 is 0 Å². The number of carbonyl (C=O) groups excluding carboxylic acids is 1. The second-order valence-corrected chi connectivity index (χ2v) is 0.800. The summed E-state index contributed by atoms with van der Waals surface area (Å²) >= 11 is 0. The topological polar surface area (TPSA) is 102 Å². The second-order valence-electron chi connectivity index (χ2n) is 0.800. The number of nitrogens with two attached hydrogens (primary N) is 1. The van der Waals surface area contributed by atoms with Crippen molar-refractivity contribution in [1.82, 2.24) is 5.43 Å². The van der Waals surface area contributed by atoms with Crippen LogP contribution in [0.4, 0.5) is 9.59 Å². The van der Waals surface area contributed by atoms with Crippen LogP contribution in [0, 0.1) is 0 Å². The van der Waals surface area contributed by atoms with Crippen LogP contribution in [0.5, 0.6) is 0 Å². The number of hydrogen-bond donors (Lipinski definition) is 3. The summed E-state index contributed by atoms with van der Waals surface area (Å²) in [6.07, 6.45) is -2.88. The Bertz CT molecular complexity index is 111. The van der Waals surface area contributed by atoms with Crippen LogP contribution >= 0.6 is 0 Å². The Kier molecular flexibility index (Phi) is 2.35. The van der Waals surface area contributed by atoms with Gasteiger partial charge >= 0.3 is 12.2 Å². The van der Waals surface area contributed by atoms with Gasteiger partial charge in [-0.15, -0.1) is 0 Å². The molecule has 0 unspecified atom stereocenters. The van der Waals surface area contributed by atoms with Gasteiger partial charge in [-0.05, 0) is 0 Å². The largest absolute Gasteiger partial charge is 0.514 e. The zero-order valence-corrected chi connectivity index (χ0v) is 3.75. The molecule has 0 aromatic rings. The maximum absolute atomic E-state index is 9.78. The van der Waals surface area contributed by atoms with Crippen LogP contribution in [0.3, 0.4) is 0 Å². The van der Waals surface area contributed by atoms with E-state index in [0.29, 0.717) is 0 Å². The molecule has 0 saturated heterocycles. The number of carboxylic acid groups (broad SMARTS) is 1. The molecule has 0 fully saturated rings. The highest BCUT2D eigenvalue weighted by atomic mass is 16.7. The Labute approximate surface area is 44.2 Å². The lowest BCUT2D eigenvalue weighted by Gasteiger charge is -1.92. The van der Waals surface area contributed by atoms with Crippen molar-refractivity contribution in [3.63, 3.8) is 0 Å². The van der Waals surface area contributed by atoms with Crippen molar-refractivity contribution in [3.05, 3.63) is 0 Å². The average Bonchev–Trinajstić information content (AvgIpc) is 1.65. The quantitative estimate of drug-likeness (QED) is 0.128. The normalized spacial score (nSPS) is 7.62. The predicted molar refractivity (Wildman–Crippen MR) is 21.8 cm³/mol. The minimum absolute atomic E-state index is 1.20. The fourth-order valence-corrected chi connectivity index (χ4v) is 0.109. The van der Waals surface area contributed by atoms with Crippen LogP contribution in [0.2, 0.25) is 0 Å². The number of rotatable bonds is 0. The first-order chi connectivity index (χ1) is 3.66. The Morgan fingerprint density at radius 1 is 1.62 bits per heavy atom. The molecular weight excluding hydrogens is 116 g/mol. The summed E-state index contributed by atoms with van der Waals surface area (Å²) in [6.45, 7) is 0. The maximum Gasteiger partial charge on any atom is 0.514 e. The molecule has 8 heavy (non-hydrogen) atoms. The van der Waals surface area contributed by atoms with Crippen molar-refractivity contribution in [3.8, 4) is 0 Å². The molecule has 0 rings (SSSR count). The van der Waals surface area contributed by atoms with E-state index < -0.39 is 12.2 Å². The van der Waals surface area contributed by atoms with E-state index in [9.17, 15) is 9.59 Å². The van der Waals surface area contributed by atoms with Gasteiger partial charge in [0.25, 0.3) is 0 Å². The zero-order valence-electron chi connectivity index (χ0n) is 3.75. The molecule has 6 nitrogen and oxygen atoms in total. The van der Waals surface area contributed by atoms with Crippen molar-refractivity contribution in [2.45, 2.75) is 0 Å². The lowest BCUT2D eigenvalue weighted by atomic mass is 11.2. The fraction of sp³-hybridized carbons (Fsp3) is 0. The average molecular weight is 120 g/mol. The van der Waals surface area contributed by atoms with Crippen LogP contribution < -0.4 is 11.3 Å². The van der Waals surface area contributed by atoms with Gasteiger partial charge in [-0.2, -0.15) is 0 Å². The maximum atomic E-state index is 9.78. The highest BCUT2D eigenvalue weighted by Crippen LogP contribution is 1.73. The highest BCUT2D eigenvalue weighted by Gasteiger charge is 2.02. The van der Waals surface area contributed by atoms with Crippen LogP contribution in [0.25, 0.3) is 0 Å². The first-order valence-corrected chi connectivity index (χ1v) is 1.58. The summed E-state index contributed by atoms with van der Waals surface area (Å²) in [7, 11) is 0. The first kappa shape index (κ1) is 6.70. The van der Waals surface area contributed by atoms with E-state index in [0.717, 1.165) is 0 Å². The van der Waals surface area contributed by atoms with E-state index in [4.69, 9.17) is 5.11 Å². The lowest BCUT2D eigenvalue weighted by molar-refractivity contribution is 0.109. The van der Waals surface area contributed by atoms with Gasteiger partial charge in [0, 0.05) is 0 Å². The molecule has 46 valence electrons. The number of hydrogen-bond acceptors (Lipinski definition) is 4. The predicted octanol–water partition coefficient (Wildman–Crippen LogP) is -0.736. The number of hydrazine groups is 1. The van der Waals surface area contributed by atoms with Gasteiger partial charge in [0.2, 0.25) is 0 Å². The molecule has 0 aliphatic rings. The van der Waals surface area contributed by atoms with E-state index in [1.165, 1.54) is 5.43 Å². The van der Waals surface area contributed by atoms with Crippen molar-refractivity contribution in [2.24, 2.45) is 5.84 Å². The molecule has 4 N–H and O–H groups in total. The van der Waals surface area contributed by atoms with Crippen molar-refractivity contribution < 1.29 is 19.4 Å². The summed E-state index contributed by atoms with van der Waals surface area (Å²) in [5.41, 5.74) is 1.45. The molecule has 0 radical (unpaired) electrons. The molecule has 0 aliphatic carbocycles. The Balaban J connectivity index is 3.40. The monoisotopic (exact) mass is 120 g/mol. The smallest absolute Gasteiger partial charge is 0.449 e. The Hall–Kier alpha value is -1.30. The third-order valence-corrected chi connectivity index (χ3v) is 0.298. The van der Waals surface area contributed by atoms with Gasteiger partial charge in [0.1, 0.15) is 0 Å². The van der Waals surface area contributed by atoms with Gasteiger partial charge in [0.15, 0.2) is 0 Å². The number of ether oxygens (including phenoxy) is 1. The summed E-state index contributed by atoms with van der Waals surface area (Å²) in [6, 6.07) is 0. The summed E-state index contributed by atoms with van der Waals surface area (Å²) in [5.74, 6) is 4.43. The number of amides is 1. The van der Waals surface area contributed by atoms with E-state index in [-0.39, 0.29) is 0 Å². The first-order valence-electron chi connectivity index (χ1n) is 1.58. The van der Waals surface area contributed by atoms with E-state index in [1.54, 1.807) is 0 Å². The lowest BCUT2D eigenvalue weighted by Crippen LogP contribution is -2.31. The molecule has 0 atom stereocenters. The zero-order chi connectivity index (χ0) is 6.57. The third-order valence-electron chi connectivity index (χ3n) is 0.298. The SMILES string of the molecule is NNC(=O)OC(=O)O. The molecule has 0 spiro atoms. The van der Waals surface area contributed by atoms with Gasteiger partial charge in [-0.1, -0.05) is 0 Å². The molecule has 0 aliphatic heterocycles. The van der Waals surface area contributed by atoms with Gasteiger partial charge < -0.3 is 9.84 Å². The molecule has 0 heterocycles. The Morgan fingerprint density at radius 3 is 2.25 bits per heavy atom. The van der Waals surface area contributed by atoms with Crippen LogP contribution in [0.1, 0.15) is 0 Å². The van der Waals surface area contributed by atoms with E-state index in [2.05, 4.69) is 10.6 Å². The van der Waals surface area contributed by atoms with Gasteiger partial charge in [0.05, 0.1) is 0 Å². The van der Waals surface area contributed by atoms with Crippen molar-refractivity contribution in [1.29, 1.82) is 0 Å². The van der Waals surface area contributed by atoms with Crippen molar-refractivity contribution >= 4 is 12.2 Å². The molecule has 1 amide bonds. The molecule has 0 bridgehead atoms. The number of carbonyl (C=O) groups is 2. The highest BCUT2D eigenvalue weighted by molar-refractivity contribution is 5.78. The Morgan fingerprint density at radius 2 is 2.12 bits per heavy atom. The second kappa shape index (κ2) is 2.80. The minimum Gasteiger partial charge on any atom is -0.449 e. The third kappa shape index (κ3) is 2.91. The van der Waals surface area contributed by atoms with Crippen LogP contribution in [-0.2, 0) is 4.74 Å². The van der Waals surface area contributed by atoms with Crippen LogP contribution in [-0.4, -0.2) is 17.4 Å². The molecular formula is C2H4N2O4. The number of nitrogens with one attached hydrogen (secondary N) is 1. The summed E-state index contributed by atoms with van der Waals surface area (Å²) in [4.78, 5) is 19.2.